The molecule has 1 unspecified atom stereocenters. The summed E-state index contributed by atoms with van der Waals surface area (Å²) in [7, 11) is 1.58. The molecule has 0 saturated heterocycles. The number of aromatic hydroxyl groups is 1. The fourth-order valence-corrected chi connectivity index (χ4v) is 4.32. The number of aryl methyl sites for hydroxylation is 1. The summed E-state index contributed by atoms with van der Waals surface area (Å²) in [4.78, 5) is 38.1. The quantitative estimate of drug-likeness (QED) is 0.376. The first-order chi connectivity index (χ1) is 17.9. The number of carbonyl (C=O) groups excluding carboxylic acids is 3. The van der Waals surface area contributed by atoms with Gasteiger partial charge < -0.3 is 15.2 Å². The monoisotopic (exact) mass is 497 g/mol. The van der Waals surface area contributed by atoms with Gasteiger partial charge in [-0.05, 0) is 60.0 Å². The Labute approximate surface area is 212 Å². The average molecular weight is 498 g/mol. The number of rotatable bonds is 6. The summed E-state index contributed by atoms with van der Waals surface area (Å²) < 4.78 is 5.20. The zero-order valence-electron chi connectivity index (χ0n) is 19.8. The number of anilines is 1. The van der Waals surface area contributed by atoms with E-state index in [0.717, 1.165) is 11.1 Å². The van der Waals surface area contributed by atoms with Crippen molar-refractivity contribution in [3.05, 3.63) is 94.6 Å². The Morgan fingerprint density at radius 1 is 1.00 bits per heavy atom. The first-order valence-electron chi connectivity index (χ1n) is 11.6. The number of fused-ring (bicyclic) bond motifs is 3. The van der Waals surface area contributed by atoms with Crippen LogP contribution in [0, 0.1) is 0 Å². The highest BCUT2D eigenvalue weighted by Crippen LogP contribution is 2.49. The van der Waals surface area contributed by atoms with Crippen LogP contribution in [-0.4, -0.2) is 29.9 Å². The maximum absolute atomic E-state index is 13.4. The van der Waals surface area contributed by atoms with Gasteiger partial charge in [-0.1, -0.05) is 24.3 Å². The molecule has 0 bridgehead atoms. The molecule has 1 aliphatic heterocycles. The number of urea groups is 1. The molecule has 186 valence electrons. The third kappa shape index (κ3) is 4.76. The van der Waals surface area contributed by atoms with Gasteiger partial charge in [-0.3, -0.25) is 15.0 Å². The first kappa shape index (κ1) is 23.7. The van der Waals surface area contributed by atoms with Gasteiger partial charge in [0.1, 0.15) is 23.2 Å². The molecule has 3 amide bonds. The number of amides is 3. The number of ketones is 1. The number of ether oxygens (including phenoxy) is 1. The van der Waals surface area contributed by atoms with Gasteiger partial charge in [-0.25, -0.2) is 10.2 Å². The number of hydrogen-bond acceptors (Lipinski definition) is 7. The van der Waals surface area contributed by atoms with E-state index >= 15 is 0 Å². The summed E-state index contributed by atoms with van der Waals surface area (Å²) >= 11 is 0. The van der Waals surface area contributed by atoms with Crippen molar-refractivity contribution in [1.82, 2.24) is 10.9 Å². The van der Waals surface area contributed by atoms with Gasteiger partial charge in [-0.2, -0.15) is 10.2 Å². The summed E-state index contributed by atoms with van der Waals surface area (Å²) in [6.07, 6.45) is 0.580. The van der Waals surface area contributed by atoms with E-state index in [0.29, 0.717) is 40.3 Å². The highest BCUT2D eigenvalue weighted by Gasteiger charge is 2.42. The van der Waals surface area contributed by atoms with E-state index in [9.17, 15) is 19.5 Å². The van der Waals surface area contributed by atoms with Gasteiger partial charge in [0.2, 0.25) is 5.91 Å². The second kappa shape index (κ2) is 9.94. The highest BCUT2D eigenvalue weighted by atomic mass is 16.5. The number of phenols is 1. The summed E-state index contributed by atoms with van der Waals surface area (Å²) in [6, 6.07) is 17.6. The number of phenolic OH excluding ortho intramolecular Hbond substituents is 1. The number of carbonyl (C=O) groups is 3. The largest absolute Gasteiger partial charge is 0.508 e. The molecule has 0 fully saturated rings. The molecule has 0 saturated carbocycles. The van der Waals surface area contributed by atoms with Crippen molar-refractivity contribution in [3.8, 4) is 11.5 Å². The van der Waals surface area contributed by atoms with Crippen molar-refractivity contribution >= 4 is 29.1 Å². The molecule has 5 rings (SSSR count). The van der Waals surface area contributed by atoms with Crippen LogP contribution < -0.4 is 20.9 Å². The fraction of sp³-hybridized carbons (Fsp3) is 0.148. The van der Waals surface area contributed by atoms with Crippen LogP contribution in [0.3, 0.4) is 0 Å². The molecular formula is C27H23N5O5. The van der Waals surface area contributed by atoms with E-state index in [1.165, 1.54) is 0 Å². The van der Waals surface area contributed by atoms with Crippen molar-refractivity contribution in [2.24, 2.45) is 10.2 Å². The van der Waals surface area contributed by atoms with Crippen molar-refractivity contribution in [1.29, 1.82) is 0 Å². The van der Waals surface area contributed by atoms with Gasteiger partial charge >= 0.3 is 6.03 Å². The Balaban J connectivity index is 1.25. The van der Waals surface area contributed by atoms with Crippen LogP contribution >= 0.6 is 0 Å². The van der Waals surface area contributed by atoms with E-state index in [4.69, 9.17) is 4.74 Å². The molecule has 3 aromatic carbocycles. The zero-order valence-corrected chi connectivity index (χ0v) is 19.8. The minimum atomic E-state index is -0.692. The Bertz CT molecular complexity index is 1450. The van der Waals surface area contributed by atoms with Crippen LogP contribution in [-0.2, 0) is 11.2 Å². The van der Waals surface area contributed by atoms with E-state index in [1.807, 2.05) is 12.1 Å². The van der Waals surface area contributed by atoms with Crippen LogP contribution in [0.4, 0.5) is 10.5 Å². The standard InChI is InChI=1S/C27H23N5O5/c1-37-18-12-8-16(9-13-18)24-23-25(31-30-24)19-3-2-4-20(22(19)26(23)35)28-27(36)32-29-21(34)14-7-15-5-10-17(33)11-6-15/h2-6,8-13,25,33H,7,14H2,1H3,(H,29,34)(H2,28,32,36). The number of Topliss-reactive ketones (excluding diaryl/α,β-unsaturated/α-hetero) is 1. The molecule has 0 aromatic heterocycles. The minimum absolute atomic E-state index is 0.138. The predicted octanol–water partition coefficient (Wildman–Crippen LogP) is 4.30. The maximum atomic E-state index is 13.4. The molecule has 2 aliphatic rings. The molecule has 10 heteroatoms. The Hall–Kier alpha value is -4.99. The van der Waals surface area contributed by atoms with Gasteiger partial charge in [0.25, 0.3) is 0 Å². The number of nitrogens with one attached hydrogen (secondary N) is 3. The molecule has 1 aliphatic carbocycles. The number of hydrogen-bond donors (Lipinski definition) is 4. The summed E-state index contributed by atoms with van der Waals surface area (Å²) in [5.74, 6) is 0.190. The smallest absolute Gasteiger partial charge is 0.337 e. The molecule has 37 heavy (non-hydrogen) atoms. The van der Waals surface area contributed by atoms with E-state index in [1.54, 1.807) is 61.7 Å². The van der Waals surface area contributed by atoms with Crippen LogP contribution in [0.5, 0.6) is 11.5 Å². The number of benzene rings is 3. The summed E-state index contributed by atoms with van der Waals surface area (Å²) in [6.45, 7) is 0. The SMILES string of the molecule is COc1ccc(C2=C3C(=O)c4c(NC(=O)NNC(=O)CCc5ccc(O)cc5)cccc4C3N=N2)cc1. The molecule has 4 N–H and O–H groups in total. The third-order valence-corrected chi connectivity index (χ3v) is 6.17. The Morgan fingerprint density at radius 2 is 1.76 bits per heavy atom. The van der Waals surface area contributed by atoms with Crippen molar-refractivity contribution in [3.63, 3.8) is 0 Å². The highest BCUT2D eigenvalue weighted by molar-refractivity contribution is 6.22. The van der Waals surface area contributed by atoms with E-state index in [2.05, 4.69) is 26.4 Å². The zero-order chi connectivity index (χ0) is 25.9. The van der Waals surface area contributed by atoms with Crippen molar-refractivity contribution in [2.45, 2.75) is 18.9 Å². The van der Waals surface area contributed by atoms with Gasteiger partial charge in [0.15, 0.2) is 5.78 Å². The number of methoxy groups -OCH3 is 1. The van der Waals surface area contributed by atoms with Crippen LogP contribution in [0.15, 0.2) is 82.5 Å². The molecule has 3 aromatic rings. The third-order valence-electron chi connectivity index (χ3n) is 6.17. The second-order valence-electron chi connectivity index (χ2n) is 8.50. The molecule has 1 heterocycles. The Kier molecular flexibility index (Phi) is 6.38. The molecule has 0 spiro atoms. The first-order valence-corrected chi connectivity index (χ1v) is 11.6. The van der Waals surface area contributed by atoms with Crippen LogP contribution in [0.2, 0.25) is 0 Å². The Morgan fingerprint density at radius 3 is 2.49 bits per heavy atom. The number of azo groups is 1. The topological polar surface area (TPSA) is 141 Å². The maximum Gasteiger partial charge on any atom is 0.337 e. The van der Waals surface area contributed by atoms with Gasteiger partial charge in [0.05, 0.1) is 23.9 Å². The van der Waals surface area contributed by atoms with E-state index < -0.39 is 12.1 Å². The average Bonchev–Trinajstić information content (AvgIpc) is 3.47. The second-order valence-corrected chi connectivity index (χ2v) is 8.50. The van der Waals surface area contributed by atoms with Crippen molar-refractivity contribution in [2.75, 3.05) is 12.4 Å². The lowest BCUT2D eigenvalue weighted by Crippen LogP contribution is -2.44. The van der Waals surface area contributed by atoms with Gasteiger partial charge in [0, 0.05) is 12.0 Å². The number of hydrazine groups is 1. The molecule has 10 nitrogen and oxygen atoms in total. The predicted molar refractivity (Wildman–Crippen MR) is 135 cm³/mol. The lowest BCUT2D eigenvalue weighted by molar-refractivity contribution is -0.121. The molecular weight excluding hydrogens is 474 g/mol. The van der Waals surface area contributed by atoms with Gasteiger partial charge in [-0.15, -0.1) is 0 Å². The summed E-state index contributed by atoms with van der Waals surface area (Å²) in [5, 5.41) is 20.6. The normalized spacial score (nSPS) is 15.3. The van der Waals surface area contributed by atoms with Crippen LogP contribution in [0.1, 0.15) is 39.5 Å². The lowest BCUT2D eigenvalue weighted by atomic mass is 10.0. The van der Waals surface area contributed by atoms with Crippen LogP contribution in [0.25, 0.3) is 5.70 Å². The molecule has 0 radical (unpaired) electrons. The summed E-state index contributed by atoms with van der Waals surface area (Å²) in [5.41, 5.74) is 8.54. The van der Waals surface area contributed by atoms with E-state index in [-0.39, 0.29) is 23.9 Å². The lowest BCUT2D eigenvalue weighted by Gasteiger charge is -2.12. The fourth-order valence-electron chi connectivity index (χ4n) is 4.32. The van der Waals surface area contributed by atoms with Crippen molar-refractivity contribution < 1.29 is 24.2 Å². The minimum Gasteiger partial charge on any atom is -0.508 e. The molecule has 1 atom stereocenters. The number of nitrogens with zero attached hydrogens (tertiary/aromatic N) is 2.